The molecule has 0 saturated heterocycles. The first-order chi connectivity index (χ1) is 8.74. The minimum absolute atomic E-state index is 0.589. The minimum atomic E-state index is -0.589. The van der Waals surface area contributed by atoms with E-state index in [1.54, 1.807) is 11.8 Å². The van der Waals surface area contributed by atoms with Crippen molar-refractivity contribution in [3.05, 3.63) is 42.5 Å². The second-order valence-corrected chi connectivity index (χ2v) is 5.23. The van der Waals surface area contributed by atoms with Gasteiger partial charge in [0.25, 0.3) is 0 Å². The molecule has 0 aliphatic carbocycles. The number of carbonyl (C=O) groups excluding carboxylic acids is 1. The largest absolute Gasteiger partial charge is 0.352 e. The standard InChI is InChI=1S/C13H9ClN2OS/c14-13(17)16-9-5-3-7-11-12(9)15-8-4-1-2-6-10(8)18-11/h1-7,15H,(H,16,17). The number of carbonyl (C=O) groups is 1. The molecule has 90 valence electrons. The lowest BCUT2D eigenvalue weighted by molar-refractivity contribution is 0.269. The van der Waals surface area contributed by atoms with Crippen molar-refractivity contribution in [1.82, 2.24) is 0 Å². The molecule has 3 rings (SSSR count). The third-order valence-corrected chi connectivity index (χ3v) is 3.86. The number of nitrogens with one attached hydrogen (secondary N) is 2. The molecule has 0 radical (unpaired) electrons. The molecular formula is C13H9ClN2OS. The summed E-state index contributed by atoms with van der Waals surface area (Å²) in [7, 11) is 0. The summed E-state index contributed by atoms with van der Waals surface area (Å²) in [6, 6.07) is 13.8. The van der Waals surface area contributed by atoms with E-state index in [9.17, 15) is 4.79 Å². The van der Waals surface area contributed by atoms with E-state index in [2.05, 4.69) is 16.7 Å². The van der Waals surface area contributed by atoms with E-state index in [4.69, 9.17) is 11.6 Å². The smallest absolute Gasteiger partial charge is 0.318 e. The zero-order chi connectivity index (χ0) is 12.5. The Morgan fingerprint density at radius 3 is 2.72 bits per heavy atom. The van der Waals surface area contributed by atoms with Crippen molar-refractivity contribution >= 4 is 45.8 Å². The van der Waals surface area contributed by atoms with E-state index >= 15 is 0 Å². The lowest BCUT2D eigenvalue weighted by Crippen LogP contribution is -2.07. The fourth-order valence-electron chi connectivity index (χ4n) is 1.87. The van der Waals surface area contributed by atoms with Crippen LogP contribution in [0.5, 0.6) is 0 Å². The van der Waals surface area contributed by atoms with Crippen LogP contribution in [0.3, 0.4) is 0 Å². The number of hydrogen-bond donors (Lipinski definition) is 2. The van der Waals surface area contributed by atoms with Gasteiger partial charge in [-0.2, -0.15) is 0 Å². The van der Waals surface area contributed by atoms with Gasteiger partial charge in [-0.15, -0.1) is 0 Å². The molecule has 2 N–H and O–H groups in total. The van der Waals surface area contributed by atoms with Crippen LogP contribution < -0.4 is 10.6 Å². The molecular weight excluding hydrogens is 268 g/mol. The number of para-hydroxylation sites is 2. The molecule has 1 amide bonds. The summed E-state index contributed by atoms with van der Waals surface area (Å²) >= 11 is 7.04. The van der Waals surface area contributed by atoms with Crippen LogP contribution >= 0.6 is 23.4 Å². The zero-order valence-corrected chi connectivity index (χ0v) is 10.8. The van der Waals surface area contributed by atoms with Crippen LogP contribution in [-0.2, 0) is 0 Å². The fourth-order valence-corrected chi connectivity index (χ4v) is 2.99. The molecule has 0 bridgehead atoms. The van der Waals surface area contributed by atoms with Gasteiger partial charge in [0.1, 0.15) is 0 Å². The number of hydrogen-bond acceptors (Lipinski definition) is 3. The van der Waals surface area contributed by atoms with Gasteiger partial charge in [0.15, 0.2) is 0 Å². The summed E-state index contributed by atoms with van der Waals surface area (Å²) in [5.74, 6) is 0. The summed E-state index contributed by atoms with van der Waals surface area (Å²) in [5, 5.41) is 5.35. The fraction of sp³-hybridized carbons (Fsp3) is 0. The molecule has 1 aliphatic rings. The van der Waals surface area contributed by atoms with Crippen LogP contribution in [0.2, 0.25) is 0 Å². The highest BCUT2D eigenvalue weighted by molar-refractivity contribution is 7.99. The lowest BCUT2D eigenvalue weighted by Gasteiger charge is -2.22. The summed E-state index contributed by atoms with van der Waals surface area (Å²) in [5.41, 5.74) is 2.61. The highest BCUT2D eigenvalue weighted by atomic mass is 35.5. The first kappa shape index (κ1) is 11.4. The van der Waals surface area contributed by atoms with Crippen molar-refractivity contribution in [1.29, 1.82) is 0 Å². The van der Waals surface area contributed by atoms with Gasteiger partial charge in [-0.25, -0.2) is 0 Å². The molecule has 3 nitrogen and oxygen atoms in total. The van der Waals surface area contributed by atoms with Crippen LogP contribution in [-0.4, -0.2) is 5.37 Å². The Bertz CT molecular complexity index is 630. The third kappa shape index (κ3) is 2.05. The quantitative estimate of drug-likeness (QED) is 0.501. The summed E-state index contributed by atoms with van der Waals surface area (Å²) in [6.45, 7) is 0. The van der Waals surface area contributed by atoms with Gasteiger partial charge in [-0.05, 0) is 35.9 Å². The Balaban J connectivity index is 2.04. The predicted octanol–water partition coefficient (Wildman–Crippen LogP) is 4.67. The number of rotatable bonds is 1. The lowest BCUT2D eigenvalue weighted by atomic mass is 10.2. The van der Waals surface area contributed by atoms with Gasteiger partial charge in [-0.1, -0.05) is 30.0 Å². The monoisotopic (exact) mass is 276 g/mol. The summed E-state index contributed by atoms with van der Waals surface area (Å²) in [6.07, 6.45) is 0. The summed E-state index contributed by atoms with van der Waals surface area (Å²) < 4.78 is 0. The Labute approximate surface area is 114 Å². The highest BCUT2D eigenvalue weighted by Gasteiger charge is 2.18. The van der Waals surface area contributed by atoms with Crippen LogP contribution in [0.15, 0.2) is 52.3 Å². The van der Waals surface area contributed by atoms with E-state index in [-0.39, 0.29) is 0 Å². The van der Waals surface area contributed by atoms with Crippen molar-refractivity contribution in [2.75, 3.05) is 10.6 Å². The second kappa shape index (κ2) is 4.55. The molecule has 0 fully saturated rings. The van der Waals surface area contributed by atoms with Crippen molar-refractivity contribution < 1.29 is 4.79 Å². The first-order valence-electron chi connectivity index (χ1n) is 5.37. The number of benzene rings is 2. The van der Waals surface area contributed by atoms with Crippen molar-refractivity contribution in [2.45, 2.75) is 9.79 Å². The van der Waals surface area contributed by atoms with Crippen LogP contribution in [0.1, 0.15) is 0 Å². The molecule has 0 atom stereocenters. The maximum Gasteiger partial charge on any atom is 0.318 e. The van der Waals surface area contributed by atoms with Crippen LogP contribution in [0.25, 0.3) is 0 Å². The normalized spacial score (nSPS) is 12.1. The molecule has 2 aromatic carbocycles. The average Bonchev–Trinajstić information content (AvgIpc) is 2.36. The molecule has 0 unspecified atom stereocenters. The van der Waals surface area contributed by atoms with Crippen LogP contribution in [0, 0.1) is 0 Å². The van der Waals surface area contributed by atoms with Crippen molar-refractivity contribution in [3.63, 3.8) is 0 Å². The third-order valence-electron chi connectivity index (χ3n) is 2.63. The van der Waals surface area contributed by atoms with E-state index < -0.39 is 5.37 Å². The van der Waals surface area contributed by atoms with Gasteiger partial charge in [-0.3, -0.25) is 4.79 Å². The molecule has 0 spiro atoms. The minimum Gasteiger partial charge on any atom is -0.352 e. The molecule has 5 heteroatoms. The van der Waals surface area contributed by atoms with E-state index in [0.717, 1.165) is 16.3 Å². The molecule has 1 heterocycles. The molecule has 18 heavy (non-hydrogen) atoms. The Kier molecular flexibility index (Phi) is 2.89. The zero-order valence-electron chi connectivity index (χ0n) is 9.24. The predicted molar refractivity (Wildman–Crippen MR) is 75.2 cm³/mol. The molecule has 0 aromatic heterocycles. The molecule has 2 aromatic rings. The number of amides is 1. The average molecular weight is 277 g/mol. The Hall–Kier alpha value is -1.65. The van der Waals surface area contributed by atoms with Gasteiger partial charge >= 0.3 is 5.37 Å². The van der Waals surface area contributed by atoms with Gasteiger partial charge < -0.3 is 10.6 Å². The molecule has 1 aliphatic heterocycles. The second-order valence-electron chi connectivity index (χ2n) is 3.80. The Morgan fingerprint density at radius 1 is 1.11 bits per heavy atom. The van der Waals surface area contributed by atoms with E-state index in [1.165, 1.54) is 4.90 Å². The topological polar surface area (TPSA) is 41.1 Å². The number of fused-ring (bicyclic) bond motifs is 2. The first-order valence-corrected chi connectivity index (χ1v) is 6.57. The summed E-state index contributed by atoms with van der Waals surface area (Å²) in [4.78, 5) is 13.2. The van der Waals surface area contributed by atoms with Crippen LogP contribution in [0.4, 0.5) is 21.9 Å². The number of anilines is 3. The maximum absolute atomic E-state index is 11.0. The SMILES string of the molecule is O=C(Cl)Nc1cccc2c1Nc1ccccc1S2. The molecule has 0 saturated carbocycles. The highest BCUT2D eigenvalue weighted by Crippen LogP contribution is 2.46. The maximum atomic E-state index is 11.0. The van der Waals surface area contributed by atoms with Crippen molar-refractivity contribution in [2.24, 2.45) is 0 Å². The Morgan fingerprint density at radius 2 is 1.89 bits per heavy atom. The van der Waals surface area contributed by atoms with Gasteiger partial charge in [0.05, 0.1) is 17.1 Å². The van der Waals surface area contributed by atoms with Crippen molar-refractivity contribution in [3.8, 4) is 0 Å². The number of halogens is 1. The van der Waals surface area contributed by atoms with Gasteiger partial charge in [0, 0.05) is 9.79 Å². The van der Waals surface area contributed by atoms with E-state index in [1.807, 2.05) is 36.4 Å². The van der Waals surface area contributed by atoms with Gasteiger partial charge in [0.2, 0.25) is 0 Å². The van der Waals surface area contributed by atoms with E-state index in [0.29, 0.717) is 5.69 Å².